The zero-order valence-electron chi connectivity index (χ0n) is 24.4. The van der Waals surface area contributed by atoms with Crippen molar-refractivity contribution in [1.82, 2.24) is 15.3 Å². The molecule has 0 spiro atoms. The second-order valence-electron chi connectivity index (χ2n) is 11.7. The molecule has 8 nitrogen and oxygen atoms in total. The van der Waals surface area contributed by atoms with Crippen LogP contribution < -0.4 is 5.32 Å². The van der Waals surface area contributed by atoms with Crippen LogP contribution in [-0.4, -0.2) is 42.0 Å². The van der Waals surface area contributed by atoms with Crippen LogP contribution in [0, 0.1) is 0 Å². The fraction of sp³-hybridized carbons (Fsp3) is 0.250. The minimum absolute atomic E-state index is 0.121. The van der Waals surface area contributed by atoms with Crippen LogP contribution in [0.15, 0.2) is 73.2 Å². The summed E-state index contributed by atoms with van der Waals surface area (Å²) >= 11 is 0. The SMILES string of the molecule is Oc1ccc(C=Cc2c(CCc3ccc(CNCC4(c5cnc[nH]5)CCCC4)cc3)c(O)c(O)c3c(O)cccc23)cc1O. The van der Waals surface area contributed by atoms with E-state index >= 15 is 0 Å². The number of nitrogens with one attached hydrogen (secondary N) is 2. The van der Waals surface area contributed by atoms with Gasteiger partial charge in [-0.25, -0.2) is 4.98 Å². The second-order valence-corrected chi connectivity index (χ2v) is 11.7. The molecule has 8 heteroatoms. The highest BCUT2D eigenvalue weighted by molar-refractivity contribution is 6.03. The van der Waals surface area contributed by atoms with Crippen molar-refractivity contribution in [3.8, 4) is 28.7 Å². The summed E-state index contributed by atoms with van der Waals surface area (Å²) in [7, 11) is 0. The van der Waals surface area contributed by atoms with Crippen molar-refractivity contribution in [2.24, 2.45) is 0 Å². The number of benzene rings is 4. The van der Waals surface area contributed by atoms with E-state index in [4.69, 9.17) is 0 Å². The van der Waals surface area contributed by atoms with Gasteiger partial charge in [-0.3, -0.25) is 0 Å². The number of aromatic nitrogens is 2. The van der Waals surface area contributed by atoms with Gasteiger partial charge in [0.25, 0.3) is 0 Å². The summed E-state index contributed by atoms with van der Waals surface area (Å²) in [4.78, 5) is 7.57. The first-order valence-electron chi connectivity index (χ1n) is 15.0. The van der Waals surface area contributed by atoms with E-state index in [-0.39, 0.29) is 39.5 Å². The molecule has 1 aliphatic carbocycles. The van der Waals surface area contributed by atoms with Gasteiger partial charge in [0.2, 0.25) is 0 Å². The molecule has 1 aliphatic rings. The first-order valence-corrected chi connectivity index (χ1v) is 15.0. The van der Waals surface area contributed by atoms with Gasteiger partial charge >= 0.3 is 0 Å². The Hall–Kier alpha value is -4.95. The van der Waals surface area contributed by atoms with Crippen molar-refractivity contribution in [3.63, 3.8) is 0 Å². The average molecular weight is 592 g/mol. The predicted molar refractivity (Wildman–Crippen MR) is 172 cm³/mol. The minimum Gasteiger partial charge on any atom is -0.507 e. The number of aryl methyl sites for hydroxylation is 1. The zero-order chi connectivity index (χ0) is 30.7. The fourth-order valence-corrected chi connectivity index (χ4v) is 6.51. The van der Waals surface area contributed by atoms with E-state index in [0.717, 1.165) is 31.5 Å². The summed E-state index contributed by atoms with van der Waals surface area (Å²) in [6.07, 6.45) is 13.1. The molecule has 6 rings (SSSR count). The number of fused-ring (bicyclic) bond motifs is 1. The van der Waals surface area contributed by atoms with Crippen LogP contribution in [0.2, 0.25) is 0 Å². The molecule has 0 atom stereocenters. The smallest absolute Gasteiger partial charge is 0.169 e. The van der Waals surface area contributed by atoms with Crippen LogP contribution in [0.4, 0.5) is 0 Å². The highest BCUT2D eigenvalue weighted by Gasteiger charge is 2.36. The Morgan fingerprint density at radius 2 is 1.57 bits per heavy atom. The maximum atomic E-state index is 11.1. The molecule has 44 heavy (non-hydrogen) atoms. The van der Waals surface area contributed by atoms with Crippen LogP contribution in [-0.2, 0) is 24.8 Å². The monoisotopic (exact) mass is 591 g/mol. The Kier molecular flexibility index (Phi) is 8.17. The quantitative estimate of drug-likeness (QED) is 0.0712. The predicted octanol–water partition coefficient (Wildman–Crippen LogP) is 6.65. The van der Waals surface area contributed by atoms with Gasteiger partial charge in [-0.2, -0.15) is 0 Å². The van der Waals surface area contributed by atoms with Crippen molar-refractivity contribution in [2.45, 2.75) is 50.5 Å². The molecule has 1 aromatic heterocycles. The first kappa shape index (κ1) is 29.1. The van der Waals surface area contributed by atoms with Crippen molar-refractivity contribution in [2.75, 3.05) is 6.54 Å². The van der Waals surface area contributed by atoms with Gasteiger partial charge in [0.1, 0.15) is 5.75 Å². The zero-order valence-corrected chi connectivity index (χ0v) is 24.4. The second kappa shape index (κ2) is 12.3. The lowest BCUT2D eigenvalue weighted by atomic mass is 9.83. The number of nitrogens with zero attached hydrogens (tertiary/aromatic N) is 1. The number of aromatic amines is 1. The average Bonchev–Trinajstić information content (AvgIpc) is 3.74. The first-order chi connectivity index (χ1) is 21.3. The standard InChI is InChI=1S/C36H37N3O5/c40-29-15-12-24(18-31(29)42)11-13-26-27-4-3-5-30(41)33(27)35(44)34(43)28(26)14-10-23-6-8-25(9-7-23)19-37-21-36(16-1-2-17-36)32-20-38-22-39-32/h3-9,11-13,15,18,20,22,37,40-44H,1-2,10,14,16-17,19,21H2,(H,38,39). The van der Waals surface area contributed by atoms with Gasteiger partial charge in [0.05, 0.1) is 11.7 Å². The molecule has 1 heterocycles. The Balaban J connectivity index is 1.19. The van der Waals surface area contributed by atoms with Gasteiger partial charge in [-0.15, -0.1) is 0 Å². The summed E-state index contributed by atoms with van der Waals surface area (Å²) in [5, 5.41) is 56.5. The molecule has 4 aromatic carbocycles. The van der Waals surface area contributed by atoms with Gasteiger partial charge in [0.15, 0.2) is 23.0 Å². The Bertz CT molecular complexity index is 1790. The van der Waals surface area contributed by atoms with E-state index < -0.39 is 0 Å². The summed E-state index contributed by atoms with van der Waals surface area (Å²) in [5.41, 5.74) is 5.45. The maximum Gasteiger partial charge on any atom is 0.169 e. The Labute approximate surface area is 256 Å². The third-order valence-electron chi connectivity index (χ3n) is 8.96. The molecule has 0 amide bonds. The Morgan fingerprint density at radius 3 is 2.30 bits per heavy atom. The third kappa shape index (κ3) is 5.81. The van der Waals surface area contributed by atoms with Gasteiger partial charge in [-0.1, -0.05) is 67.5 Å². The lowest BCUT2D eigenvalue weighted by Crippen LogP contribution is -2.36. The molecule has 7 N–H and O–H groups in total. The number of rotatable bonds is 10. The van der Waals surface area contributed by atoms with Crippen LogP contribution >= 0.6 is 0 Å². The van der Waals surface area contributed by atoms with Crippen LogP contribution in [0.1, 0.15) is 59.2 Å². The number of hydrogen-bond donors (Lipinski definition) is 7. The van der Waals surface area contributed by atoms with E-state index in [1.165, 1.54) is 42.3 Å². The largest absolute Gasteiger partial charge is 0.507 e. The molecule has 1 fully saturated rings. The molecule has 5 aromatic rings. The molecular formula is C36H37N3O5. The number of H-pyrrole nitrogens is 1. The number of hydrogen-bond acceptors (Lipinski definition) is 7. The summed E-state index contributed by atoms with van der Waals surface area (Å²) < 4.78 is 0. The Morgan fingerprint density at radius 1 is 0.795 bits per heavy atom. The third-order valence-corrected chi connectivity index (χ3v) is 8.96. The molecular weight excluding hydrogens is 554 g/mol. The van der Waals surface area contributed by atoms with Crippen LogP contribution in [0.25, 0.3) is 22.9 Å². The fourth-order valence-electron chi connectivity index (χ4n) is 6.51. The molecule has 0 radical (unpaired) electrons. The normalized spacial score (nSPS) is 14.5. The van der Waals surface area contributed by atoms with Crippen LogP contribution in [0.5, 0.6) is 28.7 Å². The highest BCUT2D eigenvalue weighted by Crippen LogP contribution is 2.45. The summed E-state index contributed by atoms with van der Waals surface area (Å²) in [6, 6.07) is 17.9. The van der Waals surface area contributed by atoms with Gasteiger partial charge in [0, 0.05) is 36.0 Å². The van der Waals surface area contributed by atoms with Crippen molar-refractivity contribution < 1.29 is 25.5 Å². The highest BCUT2D eigenvalue weighted by atomic mass is 16.3. The van der Waals surface area contributed by atoms with E-state index in [9.17, 15) is 25.5 Å². The lowest BCUT2D eigenvalue weighted by molar-refractivity contribution is 0.395. The summed E-state index contributed by atoms with van der Waals surface area (Å²) in [6.45, 7) is 1.66. The van der Waals surface area contributed by atoms with E-state index in [0.29, 0.717) is 34.9 Å². The summed E-state index contributed by atoms with van der Waals surface area (Å²) in [5.74, 6) is -1.21. The van der Waals surface area contributed by atoms with E-state index in [1.807, 2.05) is 6.20 Å². The number of phenolic OH excluding ortho intramolecular Hbond substituents is 5. The van der Waals surface area contributed by atoms with E-state index in [1.54, 1.807) is 36.7 Å². The minimum atomic E-state index is -0.357. The molecule has 0 unspecified atom stereocenters. The maximum absolute atomic E-state index is 11.1. The van der Waals surface area contributed by atoms with Crippen molar-refractivity contribution in [3.05, 3.63) is 107 Å². The van der Waals surface area contributed by atoms with Crippen LogP contribution in [0.3, 0.4) is 0 Å². The number of phenols is 5. The number of imidazole rings is 1. The van der Waals surface area contributed by atoms with Gasteiger partial charge in [-0.05, 0) is 71.5 Å². The van der Waals surface area contributed by atoms with E-state index in [2.05, 4.69) is 39.6 Å². The molecule has 0 bridgehead atoms. The molecule has 1 saturated carbocycles. The molecule has 0 saturated heterocycles. The van der Waals surface area contributed by atoms with Crippen molar-refractivity contribution in [1.29, 1.82) is 0 Å². The lowest BCUT2D eigenvalue weighted by Gasteiger charge is -2.28. The molecule has 0 aliphatic heterocycles. The van der Waals surface area contributed by atoms with Crippen molar-refractivity contribution >= 4 is 22.9 Å². The van der Waals surface area contributed by atoms with Gasteiger partial charge < -0.3 is 35.8 Å². The topological polar surface area (TPSA) is 142 Å². The molecule has 226 valence electrons. The number of aromatic hydroxyl groups is 5.